The molecule has 1 heterocycles. The van der Waals surface area contributed by atoms with Crippen LogP contribution in [0.15, 0.2) is 29.2 Å². The van der Waals surface area contributed by atoms with Crippen LogP contribution in [0.3, 0.4) is 0 Å². The fraction of sp³-hybridized carbons (Fsp3) is 0.444. The van der Waals surface area contributed by atoms with Crippen LogP contribution in [-0.4, -0.2) is 17.7 Å². The highest BCUT2D eigenvalue weighted by Gasteiger charge is 1.99. The molecule has 1 unspecified atom stereocenters. The Morgan fingerprint density at radius 3 is 2.92 bits per heavy atom. The van der Waals surface area contributed by atoms with Crippen LogP contribution in [0, 0.1) is 0 Å². The molecule has 1 atom stereocenters. The van der Waals surface area contributed by atoms with Crippen molar-refractivity contribution in [2.24, 2.45) is 0 Å². The summed E-state index contributed by atoms with van der Waals surface area (Å²) in [6.07, 6.45) is 1.80. The quantitative estimate of drug-likeness (QED) is 0.707. The van der Waals surface area contributed by atoms with Crippen LogP contribution in [0.5, 0.6) is 0 Å². The number of nitrogens with one attached hydrogen (secondary N) is 1. The van der Waals surface area contributed by atoms with Gasteiger partial charge in [0.15, 0.2) is 0 Å². The fourth-order valence-electron chi connectivity index (χ4n) is 0.998. The third-order valence-electron chi connectivity index (χ3n) is 1.86. The normalized spacial score (nSPS) is 12.8. The van der Waals surface area contributed by atoms with Crippen LogP contribution < -0.4 is 10.9 Å². The largest absolute Gasteiger partial charge is 0.315 e. The number of hydrogen-bond acceptors (Lipinski definition) is 2. The maximum atomic E-state index is 11.2. The lowest BCUT2D eigenvalue weighted by Crippen LogP contribution is -2.31. The summed E-state index contributed by atoms with van der Waals surface area (Å²) in [5.41, 5.74) is 0.0552. The van der Waals surface area contributed by atoms with E-state index in [4.69, 9.17) is 0 Å². The maximum Gasteiger partial charge on any atom is 0.250 e. The van der Waals surface area contributed by atoms with Gasteiger partial charge in [-0.1, -0.05) is 6.07 Å². The summed E-state index contributed by atoms with van der Waals surface area (Å²) < 4.78 is 1.70. The van der Waals surface area contributed by atoms with Crippen LogP contribution >= 0.6 is 0 Å². The molecule has 0 bridgehead atoms. The van der Waals surface area contributed by atoms with Crippen LogP contribution in [0.2, 0.25) is 0 Å². The third kappa shape index (κ3) is 2.20. The van der Waals surface area contributed by atoms with E-state index in [-0.39, 0.29) is 5.56 Å². The summed E-state index contributed by atoms with van der Waals surface area (Å²) in [7, 11) is 1.89. The van der Waals surface area contributed by atoms with Crippen molar-refractivity contribution in [3.63, 3.8) is 0 Å². The van der Waals surface area contributed by atoms with Crippen molar-refractivity contribution in [3.8, 4) is 0 Å². The number of nitrogens with zero attached hydrogens (tertiary/aromatic N) is 1. The Morgan fingerprint density at radius 2 is 2.33 bits per heavy atom. The number of pyridine rings is 1. The first-order chi connectivity index (χ1) is 5.74. The Balaban J connectivity index is 2.76. The summed E-state index contributed by atoms with van der Waals surface area (Å²) in [6, 6.07) is 5.51. The minimum atomic E-state index is 0.0552. The Bertz CT molecular complexity index is 293. The number of aromatic nitrogens is 1. The second-order valence-corrected chi connectivity index (χ2v) is 2.88. The highest BCUT2D eigenvalue weighted by atomic mass is 16.1. The highest BCUT2D eigenvalue weighted by Crippen LogP contribution is 1.86. The van der Waals surface area contributed by atoms with E-state index in [0.29, 0.717) is 6.04 Å². The predicted molar refractivity (Wildman–Crippen MR) is 49.2 cm³/mol. The third-order valence-corrected chi connectivity index (χ3v) is 1.86. The summed E-state index contributed by atoms with van der Waals surface area (Å²) in [4.78, 5) is 11.2. The molecule has 0 aliphatic carbocycles. The van der Waals surface area contributed by atoms with Gasteiger partial charge in [-0.25, -0.2) is 0 Å². The van der Waals surface area contributed by atoms with Gasteiger partial charge in [-0.3, -0.25) is 4.79 Å². The van der Waals surface area contributed by atoms with Gasteiger partial charge in [0.05, 0.1) is 0 Å². The minimum absolute atomic E-state index is 0.0552. The van der Waals surface area contributed by atoms with Crippen LogP contribution in [-0.2, 0) is 6.54 Å². The molecule has 12 heavy (non-hydrogen) atoms. The molecule has 0 aliphatic heterocycles. The molecule has 0 spiro atoms. The van der Waals surface area contributed by atoms with Gasteiger partial charge in [0.2, 0.25) is 0 Å². The van der Waals surface area contributed by atoms with Crippen LogP contribution in [0.1, 0.15) is 6.92 Å². The Kier molecular flexibility index (Phi) is 3.05. The van der Waals surface area contributed by atoms with Crippen molar-refractivity contribution < 1.29 is 0 Å². The molecule has 1 aromatic heterocycles. The minimum Gasteiger partial charge on any atom is -0.315 e. The topological polar surface area (TPSA) is 34.0 Å². The van der Waals surface area contributed by atoms with Gasteiger partial charge in [0, 0.05) is 24.8 Å². The lowest BCUT2D eigenvalue weighted by Gasteiger charge is -2.11. The van der Waals surface area contributed by atoms with Crippen molar-refractivity contribution >= 4 is 0 Å². The Hall–Kier alpha value is -1.09. The van der Waals surface area contributed by atoms with Crippen molar-refractivity contribution in [1.82, 2.24) is 9.88 Å². The zero-order chi connectivity index (χ0) is 8.97. The van der Waals surface area contributed by atoms with E-state index in [1.807, 2.05) is 20.0 Å². The molecule has 0 aliphatic rings. The molecule has 0 fully saturated rings. The highest BCUT2D eigenvalue weighted by molar-refractivity contribution is 4.93. The van der Waals surface area contributed by atoms with E-state index >= 15 is 0 Å². The maximum absolute atomic E-state index is 11.2. The van der Waals surface area contributed by atoms with Gasteiger partial charge in [0.1, 0.15) is 0 Å². The monoisotopic (exact) mass is 166 g/mol. The molecule has 66 valence electrons. The first-order valence-electron chi connectivity index (χ1n) is 4.07. The van der Waals surface area contributed by atoms with Crippen molar-refractivity contribution in [3.05, 3.63) is 34.7 Å². The van der Waals surface area contributed by atoms with E-state index in [1.165, 1.54) is 0 Å². The predicted octanol–water partition coefficient (Wildman–Crippen LogP) is 0.456. The van der Waals surface area contributed by atoms with E-state index < -0.39 is 0 Å². The van der Waals surface area contributed by atoms with Gasteiger partial charge in [-0.05, 0) is 20.0 Å². The number of hydrogen-bond donors (Lipinski definition) is 1. The standard InChI is InChI=1S/C9H14N2O/c1-8(10-2)7-11-6-4-3-5-9(11)12/h3-6,8,10H,7H2,1-2H3. The molecule has 1 aromatic rings. The zero-order valence-electron chi connectivity index (χ0n) is 7.45. The van der Waals surface area contributed by atoms with Crippen molar-refractivity contribution in [2.75, 3.05) is 7.05 Å². The van der Waals surface area contributed by atoms with E-state index in [0.717, 1.165) is 6.54 Å². The van der Waals surface area contributed by atoms with E-state index in [9.17, 15) is 4.79 Å². The van der Waals surface area contributed by atoms with Gasteiger partial charge in [0.25, 0.3) is 5.56 Å². The smallest absolute Gasteiger partial charge is 0.250 e. The molecular weight excluding hydrogens is 152 g/mol. The average Bonchev–Trinajstić information content (AvgIpc) is 2.09. The molecule has 0 radical (unpaired) electrons. The molecule has 3 nitrogen and oxygen atoms in total. The second kappa shape index (κ2) is 4.07. The summed E-state index contributed by atoms with van der Waals surface area (Å²) >= 11 is 0. The van der Waals surface area contributed by atoms with Crippen LogP contribution in [0.25, 0.3) is 0 Å². The molecule has 0 aromatic carbocycles. The fourth-order valence-corrected chi connectivity index (χ4v) is 0.998. The van der Waals surface area contributed by atoms with Crippen molar-refractivity contribution in [2.45, 2.75) is 19.5 Å². The summed E-state index contributed by atoms with van der Waals surface area (Å²) in [5, 5.41) is 3.08. The van der Waals surface area contributed by atoms with E-state index in [1.54, 1.807) is 22.9 Å². The van der Waals surface area contributed by atoms with Gasteiger partial charge in [-0.15, -0.1) is 0 Å². The number of likely N-dealkylation sites (N-methyl/N-ethyl adjacent to an activating group) is 1. The summed E-state index contributed by atoms with van der Waals surface area (Å²) in [6.45, 7) is 2.76. The molecule has 0 amide bonds. The second-order valence-electron chi connectivity index (χ2n) is 2.88. The van der Waals surface area contributed by atoms with Gasteiger partial charge >= 0.3 is 0 Å². The molecule has 1 N–H and O–H groups in total. The van der Waals surface area contributed by atoms with Crippen LogP contribution in [0.4, 0.5) is 0 Å². The first kappa shape index (κ1) is 9.00. The lowest BCUT2D eigenvalue weighted by atomic mass is 10.3. The Morgan fingerprint density at radius 1 is 1.58 bits per heavy atom. The van der Waals surface area contributed by atoms with Gasteiger partial charge in [-0.2, -0.15) is 0 Å². The van der Waals surface area contributed by atoms with E-state index in [2.05, 4.69) is 5.32 Å². The molecule has 0 saturated heterocycles. The number of rotatable bonds is 3. The van der Waals surface area contributed by atoms with Gasteiger partial charge < -0.3 is 9.88 Å². The van der Waals surface area contributed by atoms with Crippen molar-refractivity contribution in [1.29, 1.82) is 0 Å². The molecular formula is C9H14N2O. The Labute approximate surface area is 72.0 Å². The summed E-state index contributed by atoms with van der Waals surface area (Å²) in [5.74, 6) is 0. The first-order valence-corrected chi connectivity index (χ1v) is 4.07. The zero-order valence-corrected chi connectivity index (χ0v) is 7.45. The SMILES string of the molecule is CNC(C)Cn1ccccc1=O. The molecule has 0 saturated carbocycles. The lowest BCUT2D eigenvalue weighted by molar-refractivity contribution is 0.505. The average molecular weight is 166 g/mol. The molecule has 1 rings (SSSR count). The molecule has 3 heteroatoms.